The van der Waals surface area contributed by atoms with Crippen molar-refractivity contribution in [2.45, 2.75) is 32.6 Å². The molecule has 2 aliphatic rings. The molecule has 7 heteroatoms. The molecule has 0 aliphatic carbocycles. The summed E-state index contributed by atoms with van der Waals surface area (Å²) < 4.78 is 13.4. The van der Waals surface area contributed by atoms with Crippen LogP contribution in [0.15, 0.2) is 30.0 Å². The summed E-state index contributed by atoms with van der Waals surface area (Å²) >= 11 is 0. The summed E-state index contributed by atoms with van der Waals surface area (Å²) in [7, 11) is 0. The Labute approximate surface area is 171 Å². The maximum atomic E-state index is 13.4. The Kier molecular flexibility index (Phi) is 7.39. The number of piperazine rings is 1. The van der Waals surface area contributed by atoms with Crippen LogP contribution in [0.1, 0.15) is 38.2 Å². The summed E-state index contributed by atoms with van der Waals surface area (Å²) in [6, 6.07) is 5.78. The van der Waals surface area contributed by atoms with Gasteiger partial charge in [-0.3, -0.25) is 19.4 Å². The molecule has 1 saturated heterocycles. The van der Waals surface area contributed by atoms with Crippen molar-refractivity contribution in [1.29, 1.82) is 0 Å². The highest BCUT2D eigenvalue weighted by Gasteiger charge is 2.41. The van der Waals surface area contributed by atoms with Crippen LogP contribution >= 0.6 is 0 Å². The molecule has 6 nitrogen and oxygen atoms in total. The number of imide groups is 1. The van der Waals surface area contributed by atoms with Crippen LogP contribution in [0.3, 0.4) is 0 Å². The number of aliphatic hydroxyl groups excluding tert-OH is 1. The number of hydrogen-bond acceptors (Lipinski definition) is 5. The van der Waals surface area contributed by atoms with Crippen molar-refractivity contribution in [2.75, 3.05) is 45.9 Å². The van der Waals surface area contributed by atoms with E-state index in [1.54, 1.807) is 12.1 Å². The molecule has 3 rings (SSSR count). The lowest BCUT2D eigenvalue weighted by atomic mass is 10.0. The Balaban J connectivity index is 1.85. The average molecular weight is 403 g/mol. The van der Waals surface area contributed by atoms with E-state index in [1.807, 2.05) is 4.90 Å². The van der Waals surface area contributed by atoms with Gasteiger partial charge in [-0.1, -0.05) is 38.3 Å². The van der Waals surface area contributed by atoms with E-state index in [2.05, 4.69) is 11.8 Å². The number of unbranched alkanes of at least 4 members (excludes halogenated alkanes) is 3. The first-order chi connectivity index (χ1) is 14.1. The first-order valence-electron chi connectivity index (χ1n) is 10.5. The van der Waals surface area contributed by atoms with Crippen LogP contribution in [-0.4, -0.2) is 77.5 Å². The molecule has 0 radical (unpaired) electrons. The highest BCUT2D eigenvalue weighted by atomic mass is 19.1. The standard InChI is InChI=1S/C22H30FN3O3/c1-2-3-4-5-10-26-21(28)19(17-6-8-18(23)9-7-17)20(22(26)29)25-13-11-24(12-14-25)15-16-27/h6-9,27H,2-5,10-16H2,1H3. The first kappa shape index (κ1) is 21.5. The zero-order valence-corrected chi connectivity index (χ0v) is 17.1. The largest absolute Gasteiger partial charge is 0.395 e. The summed E-state index contributed by atoms with van der Waals surface area (Å²) in [6.07, 6.45) is 3.94. The zero-order chi connectivity index (χ0) is 20.8. The van der Waals surface area contributed by atoms with Crippen molar-refractivity contribution < 1.29 is 19.1 Å². The summed E-state index contributed by atoms with van der Waals surface area (Å²) in [5, 5.41) is 9.14. The maximum Gasteiger partial charge on any atom is 0.277 e. The molecule has 0 atom stereocenters. The molecule has 2 amide bonds. The van der Waals surface area contributed by atoms with Crippen LogP contribution in [0, 0.1) is 5.82 Å². The van der Waals surface area contributed by atoms with Gasteiger partial charge < -0.3 is 10.0 Å². The van der Waals surface area contributed by atoms with Crippen LogP contribution in [-0.2, 0) is 9.59 Å². The predicted molar refractivity (Wildman–Crippen MR) is 109 cm³/mol. The number of aliphatic hydroxyl groups is 1. The monoisotopic (exact) mass is 403 g/mol. The number of hydrogen-bond donors (Lipinski definition) is 1. The van der Waals surface area contributed by atoms with Gasteiger partial charge in [-0.15, -0.1) is 0 Å². The number of amides is 2. The summed E-state index contributed by atoms with van der Waals surface area (Å²) in [4.78, 5) is 31.8. The van der Waals surface area contributed by atoms with E-state index in [-0.39, 0.29) is 24.2 Å². The normalized spacial score (nSPS) is 18.3. The van der Waals surface area contributed by atoms with Crippen LogP contribution in [0.2, 0.25) is 0 Å². The van der Waals surface area contributed by atoms with Gasteiger partial charge in [-0.25, -0.2) is 4.39 Å². The van der Waals surface area contributed by atoms with E-state index in [4.69, 9.17) is 5.11 Å². The Bertz CT molecular complexity index is 755. The lowest BCUT2D eigenvalue weighted by Crippen LogP contribution is -2.48. The molecule has 1 aromatic rings. The highest BCUT2D eigenvalue weighted by Crippen LogP contribution is 2.32. The van der Waals surface area contributed by atoms with Crippen molar-refractivity contribution >= 4 is 17.4 Å². The van der Waals surface area contributed by atoms with Gasteiger partial charge in [0.1, 0.15) is 11.5 Å². The van der Waals surface area contributed by atoms with E-state index in [0.717, 1.165) is 38.8 Å². The molecule has 0 saturated carbocycles. The first-order valence-corrected chi connectivity index (χ1v) is 10.5. The number of halogens is 1. The van der Waals surface area contributed by atoms with Gasteiger partial charge in [0.15, 0.2) is 0 Å². The van der Waals surface area contributed by atoms with E-state index in [9.17, 15) is 14.0 Å². The van der Waals surface area contributed by atoms with Crippen LogP contribution in [0.25, 0.3) is 5.57 Å². The number of β-amino-alcohol motifs (C(OH)–C–C–N with tert-alkyl or cyclic N) is 1. The molecule has 2 heterocycles. The fourth-order valence-electron chi connectivity index (χ4n) is 3.97. The van der Waals surface area contributed by atoms with Gasteiger partial charge >= 0.3 is 0 Å². The van der Waals surface area contributed by atoms with E-state index in [0.29, 0.717) is 43.0 Å². The highest BCUT2D eigenvalue weighted by molar-refractivity contribution is 6.35. The second-order valence-electron chi connectivity index (χ2n) is 7.61. The summed E-state index contributed by atoms with van der Waals surface area (Å²) in [6.45, 7) is 5.91. The molecule has 0 bridgehead atoms. The molecular formula is C22H30FN3O3. The minimum atomic E-state index is -0.373. The van der Waals surface area contributed by atoms with Crippen LogP contribution in [0.4, 0.5) is 4.39 Å². The SMILES string of the molecule is CCCCCCN1C(=O)C(c2ccc(F)cc2)=C(N2CCN(CCO)CC2)C1=O. The second-order valence-corrected chi connectivity index (χ2v) is 7.61. The fourth-order valence-corrected chi connectivity index (χ4v) is 3.97. The minimum Gasteiger partial charge on any atom is -0.395 e. The summed E-state index contributed by atoms with van der Waals surface area (Å²) in [5.74, 6) is -0.908. The molecule has 29 heavy (non-hydrogen) atoms. The fraction of sp³-hybridized carbons (Fsp3) is 0.545. The van der Waals surface area contributed by atoms with E-state index < -0.39 is 0 Å². The Morgan fingerprint density at radius 2 is 1.62 bits per heavy atom. The minimum absolute atomic E-state index is 0.104. The van der Waals surface area contributed by atoms with Crippen LogP contribution < -0.4 is 0 Å². The zero-order valence-electron chi connectivity index (χ0n) is 17.1. The Morgan fingerprint density at radius 1 is 0.931 bits per heavy atom. The van der Waals surface area contributed by atoms with E-state index in [1.165, 1.54) is 17.0 Å². The number of carbonyl (C=O) groups is 2. The van der Waals surface area contributed by atoms with Gasteiger partial charge in [-0.2, -0.15) is 0 Å². The van der Waals surface area contributed by atoms with Crippen molar-refractivity contribution in [3.63, 3.8) is 0 Å². The van der Waals surface area contributed by atoms with Gasteiger partial charge in [0.25, 0.3) is 11.8 Å². The number of rotatable bonds is 9. The molecule has 0 spiro atoms. The third-order valence-electron chi connectivity index (χ3n) is 5.62. The molecule has 1 N–H and O–H groups in total. The third-order valence-corrected chi connectivity index (χ3v) is 5.62. The molecule has 158 valence electrons. The predicted octanol–water partition coefficient (Wildman–Crippen LogP) is 2.10. The average Bonchev–Trinajstić information content (AvgIpc) is 2.97. The maximum absolute atomic E-state index is 13.4. The molecule has 0 unspecified atom stereocenters. The number of carbonyl (C=O) groups excluding carboxylic acids is 2. The van der Waals surface area contributed by atoms with Crippen molar-refractivity contribution in [3.8, 4) is 0 Å². The lowest BCUT2D eigenvalue weighted by molar-refractivity contribution is -0.137. The molecular weight excluding hydrogens is 373 g/mol. The van der Waals surface area contributed by atoms with Crippen molar-refractivity contribution in [2.24, 2.45) is 0 Å². The molecule has 0 aromatic heterocycles. The quantitative estimate of drug-likeness (QED) is 0.505. The number of nitrogens with zero attached hydrogens (tertiary/aromatic N) is 3. The number of benzene rings is 1. The van der Waals surface area contributed by atoms with Gasteiger partial charge in [-0.05, 0) is 24.1 Å². The Morgan fingerprint density at radius 3 is 2.24 bits per heavy atom. The molecule has 1 aromatic carbocycles. The second kappa shape index (κ2) is 9.98. The molecule has 2 aliphatic heterocycles. The third kappa shape index (κ3) is 4.85. The van der Waals surface area contributed by atoms with Crippen molar-refractivity contribution in [3.05, 3.63) is 41.3 Å². The Hall–Kier alpha value is -2.25. The van der Waals surface area contributed by atoms with Gasteiger partial charge in [0.05, 0.1) is 12.2 Å². The van der Waals surface area contributed by atoms with Crippen molar-refractivity contribution in [1.82, 2.24) is 14.7 Å². The lowest BCUT2D eigenvalue weighted by Gasteiger charge is -2.36. The van der Waals surface area contributed by atoms with Crippen LogP contribution in [0.5, 0.6) is 0 Å². The summed E-state index contributed by atoms with van der Waals surface area (Å²) in [5.41, 5.74) is 1.38. The molecule has 1 fully saturated rings. The smallest absolute Gasteiger partial charge is 0.277 e. The topological polar surface area (TPSA) is 64.1 Å². The van der Waals surface area contributed by atoms with E-state index >= 15 is 0 Å². The van der Waals surface area contributed by atoms with Gasteiger partial charge in [0.2, 0.25) is 0 Å². The van der Waals surface area contributed by atoms with Gasteiger partial charge in [0, 0.05) is 39.3 Å².